The number of benzene rings is 1. The molecule has 0 saturated heterocycles. The van der Waals surface area contributed by atoms with Crippen LogP contribution >= 0.6 is 58.0 Å². The number of rotatable bonds is 4. The Morgan fingerprint density at radius 3 is 2.47 bits per heavy atom. The molecule has 106 valence electrons. The molecule has 1 aromatic carbocycles. The third-order valence-corrected chi connectivity index (χ3v) is 3.20. The average molecular weight is 368 g/mol. The molecule has 1 rings (SSSR count). The Hall–Kier alpha value is -0.130. The van der Waals surface area contributed by atoms with Gasteiger partial charge in [0.15, 0.2) is 6.67 Å². The number of amides is 1. The second-order valence-electron chi connectivity index (χ2n) is 3.44. The van der Waals surface area contributed by atoms with Gasteiger partial charge in [0.1, 0.15) is 6.17 Å². The maximum atomic E-state index is 12.2. The molecule has 1 aromatic rings. The SMILES string of the molecule is O=C(CF)N[C@H](Nc1cc(Cl)ccc1Cl)C(Cl)(Cl)Cl. The predicted molar refractivity (Wildman–Crippen MR) is 78.3 cm³/mol. The van der Waals surface area contributed by atoms with Crippen LogP contribution in [0.5, 0.6) is 0 Å². The van der Waals surface area contributed by atoms with Gasteiger partial charge in [0, 0.05) is 5.02 Å². The lowest BCUT2D eigenvalue weighted by molar-refractivity contribution is -0.122. The van der Waals surface area contributed by atoms with E-state index in [1.165, 1.54) is 12.1 Å². The van der Waals surface area contributed by atoms with Crippen molar-refractivity contribution >= 4 is 69.6 Å². The molecule has 19 heavy (non-hydrogen) atoms. The fourth-order valence-corrected chi connectivity index (χ4v) is 1.83. The van der Waals surface area contributed by atoms with Crippen molar-refractivity contribution < 1.29 is 9.18 Å². The quantitative estimate of drug-likeness (QED) is 0.618. The van der Waals surface area contributed by atoms with Gasteiger partial charge >= 0.3 is 0 Å². The van der Waals surface area contributed by atoms with Gasteiger partial charge in [-0.15, -0.1) is 0 Å². The van der Waals surface area contributed by atoms with Crippen LogP contribution in [-0.4, -0.2) is 22.5 Å². The molecule has 3 nitrogen and oxygen atoms in total. The lowest BCUT2D eigenvalue weighted by Gasteiger charge is -2.27. The maximum absolute atomic E-state index is 12.2. The summed E-state index contributed by atoms with van der Waals surface area (Å²) in [5.41, 5.74) is 0.338. The molecule has 0 aliphatic carbocycles. The number of nitrogens with one attached hydrogen (secondary N) is 2. The van der Waals surface area contributed by atoms with Crippen LogP contribution in [0.4, 0.5) is 10.1 Å². The van der Waals surface area contributed by atoms with Gasteiger partial charge in [-0.2, -0.15) is 0 Å². The fourth-order valence-electron chi connectivity index (χ4n) is 1.16. The van der Waals surface area contributed by atoms with Crippen LogP contribution in [0.25, 0.3) is 0 Å². The summed E-state index contributed by atoms with van der Waals surface area (Å²) in [4.78, 5) is 11.0. The van der Waals surface area contributed by atoms with E-state index < -0.39 is 22.5 Å². The topological polar surface area (TPSA) is 41.1 Å². The summed E-state index contributed by atoms with van der Waals surface area (Å²) in [6.45, 7) is -1.23. The Kier molecular flexibility index (Phi) is 6.27. The number of anilines is 1. The molecule has 2 N–H and O–H groups in total. The minimum Gasteiger partial charge on any atom is -0.361 e. The van der Waals surface area contributed by atoms with E-state index in [1.54, 1.807) is 6.07 Å². The standard InChI is InChI=1S/C10H8Cl5FN2O/c11-5-1-2-6(12)7(3-5)17-9(10(13,14)15)18-8(19)4-16/h1-3,9,17H,4H2,(H,18,19)/t9-/m0/s1. The van der Waals surface area contributed by atoms with Crippen molar-refractivity contribution in [3.05, 3.63) is 28.2 Å². The van der Waals surface area contributed by atoms with Gasteiger partial charge in [-0.05, 0) is 18.2 Å². The molecular weight excluding hydrogens is 360 g/mol. The van der Waals surface area contributed by atoms with Crippen LogP contribution in [-0.2, 0) is 4.79 Å². The Labute approximate surface area is 134 Å². The van der Waals surface area contributed by atoms with Gasteiger partial charge in [-0.1, -0.05) is 58.0 Å². The Morgan fingerprint density at radius 1 is 1.32 bits per heavy atom. The van der Waals surface area contributed by atoms with E-state index in [0.717, 1.165) is 0 Å². The molecule has 0 radical (unpaired) electrons. The third kappa shape index (κ3) is 5.40. The fraction of sp³-hybridized carbons (Fsp3) is 0.300. The minimum atomic E-state index is -1.91. The maximum Gasteiger partial charge on any atom is 0.253 e. The second-order valence-corrected chi connectivity index (χ2v) is 6.66. The molecule has 9 heteroatoms. The van der Waals surface area contributed by atoms with Crippen molar-refractivity contribution in [2.75, 3.05) is 12.0 Å². The van der Waals surface area contributed by atoms with E-state index in [0.29, 0.717) is 15.7 Å². The van der Waals surface area contributed by atoms with Crippen molar-refractivity contribution in [1.29, 1.82) is 0 Å². The Balaban J connectivity index is 2.94. The Bertz CT molecular complexity index is 466. The molecule has 0 aliphatic heterocycles. The van der Waals surface area contributed by atoms with E-state index in [1.807, 2.05) is 0 Å². The number of hydrogen-bond acceptors (Lipinski definition) is 2. The highest BCUT2D eigenvalue weighted by atomic mass is 35.6. The monoisotopic (exact) mass is 366 g/mol. The number of alkyl halides is 4. The summed E-state index contributed by atoms with van der Waals surface area (Å²) < 4.78 is 10.3. The molecule has 0 heterocycles. The zero-order chi connectivity index (χ0) is 14.6. The van der Waals surface area contributed by atoms with Crippen LogP contribution in [0.2, 0.25) is 10.0 Å². The molecule has 0 unspecified atom stereocenters. The molecule has 0 aliphatic rings. The zero-order valence-electron chi connectivity index (χ0n) is 9.19. The van der Waals surface area contributed by atoms with Gasteiger partial charge in [0.05, 0.1) is 10.7 Å². The molecule has 0 fully saturated rings. The van der Waals surface area contributed by atoms with E-state index in [2.05, 4.69) is 10.6 Å². The van der Waals surface area contributed by atoms with Gasteiger partial charge in [-0.25, -0.2) is 4.39 Å². The summed E-state index contributed by atoms with van der Waals surface area (Å²) in [5, 5.41) is 5.56. The first-order chi connectivity index (χ1) is 8.74. The molecular formula is C10H8Cl5FN2O. The summed E-state index contributed by atoms with van der Waals surface area (Å²) >= 11 is 28.8. The van der Waals surface area contributed by atoms with E-state index in [9.17, 15) is 9.18 Å². The summed E-state index contributed by atoms with van der Waals surface area (Å²) in [6.07, 6.45) is -1.17. The summed E-state index contributed by atoms with van der Waals surface area (Å²) in [7, 11) is 0. The van der Waals surface area contributed by atoms with Gasteiger partial charge in [0.25, 0.3) is 5.91 Å². The molecule has 1 atom stereocenters. The van der Waals surface area contributed by atoms with E-state index in [4.69, 9.17) is 58.0 Å². The highest BCUT2D eigenvalue weighted by Gasteiger charge is 2.34. The smallest absolute Gasteiger partial charge is 0.253 e. The second kappa shape index (κ2) is 7.04. The average Bonchev–Trinajstić information content (AvgIpc) is 2.31. The molecule has 0 spiro atoms. The van der Waals surface area contributed by atoms with Crippen molar-refractivity contribution in [3.63, 3.8) is 0 Å². The molecule has 0 bridgehead atoms. The number of hydrogen-bond donors (Lipinski definition) is 2. The molecule has 0 saturated carbocycles. The largest absolute Gasteiger partial charge is 0.361 e. The zero-order valence-corrected chi connectivity index (χ0v) is 13.0. The van der Waals surface area contributed by atoms with E-state index in [-0.39, 0.29) is 0 Å². The molecule has 1 amide bonds. The molecule has 0 aromatic heterocycles. The van der Waals surface area contributed by atoms with Crippen LogP contribution in [0.15, 0.2) is 18.2 Å². The van der Waals surface area contributed by atoms with Crippen LogP contribution < -0.4 is 10.6 Å². The lowest BCUT2D eigenvalue weighted by Crippen LogP contribution is -2.49. The summed E-state index contributed by atoms with van der Waals surface area (Å²) in [5.74, 6) is -0.929. The van der Waals surface area contributed by atoms with Crippen molar-refractivity contribution in [1.82, 2.24) is 5.32 Å². The Morgan fingerprint density at radius 2 is 1.95 bits per heavy atom. The summed E-state index contributed by atoms with van der Waals surface area (Å²) in [6, 6.07) is 4.58. The van der Waals surface area contributed by atoms with Crippen molar-refractivity contribution in [3.8, 4) is 0 Å². The van der Waals surface area contributed by atoms with Crippen molar-refractivity contribution in [2.24, 2.45) is 0 Å². The first-order valence-electron chi connectivity index (χ1n) is 4.87. The number of halogens is 6. The van der Waals surface area contributed by atoms with Gasteiger partial charge < -0.3 is 10.6 Å². The van der Waals surface area contributed by atoms with Crippen LogP contribution in [0.1, 0.15) is 0 Å². The van der Waals surface area contributed by atoms with Gasteiger partial charge in [-0.3, -0.25) is 4.79 Å². The van der Waals surface area contributed by atoms with E-state index >= 15 is 0 Å². The van der Waals surface area contributed by atoms with Crippen LogP contribution in [0, 0.1) is 0 Å². The highest BCUT2D eigenvalue weighted by Crippen LogP contribution is 2.33. The van der Waals surface area contributed by atoms with Crippen molar-refractivity contribution in [2.45, 2.75) is 9.96 Å². The highest BCUT2D eigenvalue weighted by molar-refractivity contribution is 6.68. The van der Waals surface area contributed by atoms with Gasteiger partial charge in [0.2, 0.25) is 3.79 Å². The predicted octanol–water partition coefficient (Wildman–Crippen LogP) is 4.19. The first-order valence-corrected chi connectivity index (χ1v) is 6.76. The number of carbonyl (C=O) groups is 1. The lowest BCUT2D eigenvalue weighted by atomic mass is 10.3. The first kappa shape index (κ1) is 16.9. The normalized spacial score (nSPS) is 12.9. The van der Waals surface area contributed by atoms with Crippen LogP contribution in [0.3, 0.4) is 0 Å². The minimum absolute atomic E-state index is 0.304. The third-order valence-electron chi connectivity index (χ3n) is 1.98. The number of carbonyl (C=O) groups excluding carboxylic acids is 1.